The summed E-state index contributed by atoms with van der Waals surface area (Å²) in [6.45, 7) is 4.14. The van der Waals surface area contributed by atoms with Crippen molar-refractivity contribution in [3.8, 4) is 0 Å². The molecule has 2 rings (SSSR count). The first-order valence-corrected chi connectivity index (χ1v) is 6.74. The first-order chi connectivity index (χ1) is 9.08. The smallest absolute Gasteiger partial charge is 0.239 e. The highest BCUT2D eigenvalue weighted by molar-refractivity contribution is 7.13. The molecule has 0 aliphatic heterocycles. The van der Waals surface area contributed by atoms with E-state index in [1.165, 1.54) is 22.5 Å². The minimum Gasteiger partial charge on any atom is -0.332 e. The van der Waals surface area contributed by atoms with E-state index in [9.17, 15) is 4.79 Å². The zero-order chi connectivity index (χ0) is 13.8. The molecule has 0 aliphatic carbocycles. The summed E-state index contributed by atoms with van der Waals surface area (Å²) in [4.78, 5) is 15.5. The molecule has 100 valence electrons. The van der Waals surface area contributed by atoms with E-state index in [0.29, 0.717) is 5.69 Å². The molecule has 1 aromatic heterocycles. The van der Waals surface area contributed by atoms with Crippen LogP contribution in [0.5, 0.6) is 0 Å². The molecule has 1 aromatic carbocycles. The van der Waals surface area contributed by atoms with Crippen molar-refractivity contribution in [2.45, 2.75) is 20.3 Å². The van der Waals surface area contributed by atoms with Gasteiger partial charge < -0.3 is 5.32 Å². The van der Waals surface area contributed by atoms with Crippen LogP contribution in [-0.4, -0.2) is 10.9 Å². The molecular formula is C13H16N4OS. The number of nitrogens with one attached hydrogen (secondary N) is 2. The lowest BCUT2D eigenvalue weighted by molar-refractivity contribution is -0.120. The van der Waals surface area contributed by atoms with Gasteiger partial charge in [-0.25, -0.2) is 10.8 Å². The lowest BCUT2D eigenvalue weighted by atomic mass is 10.1. The molecule has 1 heterocycles. The topological polar surface area (TPSA) is 80.0 Å². The molecule has 0 saturated heterocycles. The fourth-order valence-corrected chi connectivity index (χ4v) is 2.33. The highest BCUT2D eigenvalue weighted by atomic mass is 32.1. The monoisotopic (exact) mass is 276 g/mol. The van der Waals surface area contributed by atoms with Gasteiger partial charge in [-0.3, -0.25) is 10.2 Å². The molecule has 0 radical (unpaired) electrons. The van der Waals surface area contributed by atoms with E-state index in [2.05, 4.69) is 41.7 Å². The average molecular weight is 276 g/mol. The third-order valence-corrected chi connectivity index (χ3v) is 3.62. The van der Waals surface area contributed by atoms with Gasteiger partial charge >= 0.3 is 0 Å². The maximum atomic E-state index is 11.1. The van der Waals surface area contributed by atoms with Gasteiger partial charge in [-0.2, -0.15) is 0 Å². The van der Waals surface area contributed by atoms with Gasteiger partial charge in [0, 0.05) is 11.1 Å². The molecule has 0 atom stereocenters. The Kier molecular flexibility index (Phi) is 4.13. The Morgan fingerprint density at radius 2 is 2.16 bits per heavy atom. The molecule has 0 spiro atoms. The predicted molar refractivity (Wildman–Crippen MR) is 77.3 cm³/mol. The molecule has 4 N–H and O–H groups in total. The first kappa shape index (κ1) is 13.5. The molecular weight excluding hydrogens is 260 g/mol. The highest BCUT2D eigenvalue weighted by Crippen LogP contribution is 2.22. The van der Waals surface area contributed by atoms with E-state index in [1.54, 1.807) is 0 Å². The molecule has 0 fully saturated rings. The van der Waals surface area contributed by atoms with Crippen molar-refractivity contribution in [1.82, 2.24) is 10.4 Å². The summed E-state index contributed by atoms with van der Waals surface area (Å²) in [5.74, 6) is 4.79. The van der Waals surface area contributed by atoms with Crippen LogP contribution in [0.3, 0.4) is 0 Å². The lowest BCUT2D eigenvalue weighted by Crippen LogP contribution is -2.31. The minimum atomic E-state index is -0.247. The maximum absolute atomic E-state index is 11.1. The van der Waals surface area contributed by atoms with E-state index < -0.39 is 0 Å². The third kappa shape index (κ3) is 3.52. The van der Waals surface area contributed by atoms with Crippen molar-refractivity contribution < 1.29 is 4.79 Å². The van der Waals surface area contributed by atoms with Crippen LogP contribution in [0.25, 0.3) is 0 Å². The number of benzene rings is 1. The van der Waals surface area contributed by atoms with Crippen molar-refractivity contribution in [3.63, 3.8) is 0 Å². The number of aromatic nitrogens is 1. The SMILES string of the molecule is Cc1ccc(Nc2nc(CC(=O)NN)cs2)cc1C. The quantitative estimate of drug-likeness (QED) is 0.453. The number of carbonyl (C=O) groups is 1. The number of hydrazine groups is 1. The number of nitrogens with zero attached hydrogens (tertiary/aromatic N) is 1. The fourth-order valence-electron chi connectivity index (χ4n) is 1.60. The highest BCUT2D eigenvalue weighted by Gasteiger charge is 2.07. The van der Waals surface area contributed by atoms with Gasteiger partial charge in [0.15, 0.2) is 5.13 Å². The second kappa shape index (κ2) is 5.81. The summed E-state index contributed by atoms with van der Waals surface area (Å²) < 4.78 is 0. The summed E-state index contributed by atoms with van der Waals surface area (Å²) in [5, 5.41) is 5.84. The summed E-state index contributed by atoms with van der Waals surface area (Å²) in [6, 6.07) is 6.15. The number of aryl methyl sites for hydroxylation is 2. The van der Waals surface area contributed by atoms with Crippen LogP contribution >= 0.6 is 11.3 Å². The van der Waals surface area contributed by atoms with Gasteiger partial charge in [-0.15, -0.1) is 11.3 Å². The molecule has 0 saturated carbocycles. The minimum absolute atomic E-state index is 0.196. The van der Waals surface area contributed by atoms with Crippen molar-refractivity contribution in [2.75, 3.05) is 5.32 Å². The Morgan fingerprint density at radius 1 is 1.37 bits per heavy atom. The fraction of sp³-hybridized carbons (Fsp3) is 0.231. The second-order valence-corrected chi connectivity index (χ2v) is 5.17. The Bertz CT molecular complexity index is 594. The number of nitrogens with two attached hydrogens (primary N) is 1. The van der Waals surface area contributed by atoms with Crippen LogP contribution in [-0.2, 0) is 11.2 Å². The van der Waals surface area contributed by atoms with Crippen LogP contribution in [0.15, 0.2) is 23.6 Å². The number of amides is 1. The maximum Gasteiger partial charge on any atom is 0.239 e. The van der Waals surface area contributed by atoms with E-state index in [1.807, 2.05) is 11.4 Å². The number of thiazole rings is 1. The van der Waals surface area contributed by atoms with Gasteiger partial charge in [0.25, 0.3) is 0 Å². The van der Waals surface area contributed by atoms with Gasteiger partial charge in [0.1, 0.15) is 0 Å². The second-order valence-electron chi connectivity index (χ2n) is 4.31. The zero-order valence-corrected chi connectivity index (χ0v) is 11.7. The van der Waals surface area contributed by atoms with Crippen molar-refractivity contribution in [3.05, 3.63) is 40.4 Å². The summed E-state index contributed by atoms with van der Waals surface area (Å²) in [5.41, 5.74) is 6.27. The van der Waals surface area contributed by atoms with Gasteiger partial charge in [0.05, 0.1) is 12.1 Å². The van der Waals surface area contributed by atoms with E-state index in [0.717, 1.165) is 10.8 Å². The van der Waals surface area contributed by atoms with Crippen LogP contribution in [0, 0.1) is 13.8 Å². The van der Waals surface area contributed by atoms with Crippen molar-refractivity contribution in [1.29, 1.82) is 0 Å². The zero-order valence-electron chi connectivity index (χ0n) is 10.9. The largest absolute Gasteiger partial charge is 0.332 e. The molecule has 19 heavy (non-hydrogen) atoms. The molecule has 1 amide bonds. The number of carbonyl (C=O) groups excluding carboxylic acids is 1. The Morgan fingerprint density at radius 3 is 2.84 bits per heavy atom. The Labute approximate surface area is 115 Å². The third-order valence-electron chi connectivity index (χ3n) is 2.81. The molecule has 0 unspecified atom stereocenters. The summed E-state index contributed by atoms with van der Waals surface area (Å²) in [7, 11) is 0. The lowest BCUT2D eigenvalue weighted by Gasteiger charge is -2.05. The number of hydrogen-bond donors (Lipinski definition) is 3. The Hall–Kier alpha value is -1.92. The standard InChI is InChI=1S/C13H16N4OS/c1-8-3-4-10(5-9(8)2)15-13-16-11(7-19-13)6-12(18)17-14/h3-5,7H,6,14H2,1-2H3,(H,15,16)(H,17,18). The molecule has 5 nitrogen and oxygen atoms in total. The molecule has 2 aromatic rings. The Balaban J connectivity index is 2.07. The summed E-state index contributed by atoms with van der Waals surface area (Å²) >= 11 is 1.46. The van der Waals surface area contributed by atoms with E-state index >= 15 is 0 Å². The predicted octanol–water partition coefficient (Wildman–Crippen LogP) is 2.04. The molecule has 0 aliphatic rings. The van der Waals surface area contributed by atoms with Crippen LogP contribution in [0.4, 0.5) is 10.8 Å². The average Bonchev–Trinajstić information content (AvgIpc) is 2.81. The normalized spacial score (nSPS) is 10.3. The van der Waals surface area contributed by atoms with Crippen LogP contribution in [0.1, 0.15) is 16.8 Å². The number of hydrogen-bond acceptors (Lipinski definition) is 5. The van der Waals surface area contributed by atoms with Crippen molar-refractivity contribution >= 4 is 28.1 Å². The van der Waals surface area contributed by atoms with Crippen LogP contribution in [0.2, 0.25) is 0 Å². The van der Waals surface area contributed by atoms with E-state index in [4.69, 9.17) is 5.84 Å². The molecule has 0 bridgehead atoms. The van der Waals surface area contributed by atoms with Gasteiger partial charge in [-0.05, 0) is 37.1 Å². The number of rotatable bonds is 4. The number of anilines is 2. The van der Waals surface area contributed by atoms with Crippen LogP contribution < -0.4 is 16.6 Å². The van der Waals surface area contributed by atoms with Crippen molar-refractivity contribution in [2.24, 2.45) is 5.84 Å². The molecule has 6 heteroatoms. The van der Waals surface area contributed by atoms with Gasteiger partial charge in [0.2, 0.25) is 5.91 Å². The first-order valence-electron chi connectivity index (χ1n) is 5.86. The van der Waals surface area contributed by atoms with E-state index in [-0.39, 0.29) is 12.3 Å². The van der Waals surface area contributed by atoms with Gasteiger partial charge in [-0.1, -0.05) is 6.07 Å². The summed E-state index contributed by atoms with van der Waals surface area (Å²) in [6.07, 6.45) is 0.196.